The third kappa shape index (κ3) is 3.32. The molecule has 7 heteroatoms. The van der Waals surface area contributed by atoms with Gasteiger partial charge >= 0.3 is 0 Å². The van der Waals surface area contributed by atoms with E-state index in [1.54, 1.807) is 0 Å². The van der Waals surface area contributed by atoms with Gasteiger partial charge in [0.2, 0.25) is 0 Å². The zero-order valence-corrected chi connectivity index (χ0v) is 10.7. The summed E-state index contributed by atoms with van der Waals surface area (Å²) in [5.74, 6) is 0.845. The number of ether oxygens (including phenoxy) is 1. The Bertz CT molecular complexity index is 334. The van der Waals surface area contributed by atoms with Gasteiger partial charge in [-0.15, -0.1) is 0 Å². The Morgan fingerprint density at radius 2 is 2.50 bits per heavy atom. The van der Waals surface area contributed by atoms with Crippen molar-refractivity contribution < 1.29 is 9.77 Å². The van der Waals surface area contributed by atoms with E-state index in [1.165, 1.54) is 0 Å². The Hall–Kier alpha value is -1.37. The molecule has 18 heavy (non-hydrogen) atoms. The second kappa shape index (κ2) is 5.99. The summed E-state index contributed by atoms with van der Waals surface area (Å²) in [6.45, 7) is 5.24. The molecule has 2 fully saturated rings. The summed E-state index contributed by atoms with van der Waals surface area (Å²) in [5.41, 5.74) is 0. The maximum atomic E-state index is 10.5. The van der Waals surface area contributed by atoms with E-state index in [-0.39, 0.29) is 0 Å². The summed E-state index contributed by atoms with van der Waals surface area (Å²) >= 11 is 0. The highest BCUT2D eigenvalue weighted by molar-refractivity contribution is 5.79. The largest absolute Gasteiger partial charge is 0.378 e. The molecule has 2 unspecified atom stereocenters. The quantitative estimate of drug-likeness (QED) is 0.590. The van der Waals surface area contributed by atoms with E-state index in [2.05, 4.69) is 17.3 Å². The third-order valence-electron chi connectivity index (χ3n) is 3.46. The normalized spacial score (nSPS) is 30.5. The van der Waals surface area contributed by atoms with Gasteiger partial charge in [0, 0.05) is 25.6 Å². The number of hydrazone groups is 1. The lowest BCUT2D eigenvalue weighted by atomic mass is 10.0. The van der Waals surface area contributed by atoms with Gasteiger partial charge in [0.25, 0.3) is 5.96 Å². The standard InChI is InChI=1S/C11H20N4O3/c1-2-10-6-9(8-18-10)7-14-5-3-4-12-11(14)13-15(16)17/h9-10H,2-8H2,1H3,(H,12,13). The van der Waals surface area contributed by atoms with Crippen LogP contribution in [0.3, 0.4) is 0 Å². The number of hydrogen-bond acceptors (Lipinski definition) is 3. The molecule has 2 saturated heterocycles. The molecule has 2 heterocycles. The van der Waals surface area contributed by atoms with Crippen molar-refractivity contribution in [3.05, 3.63) is 10.1 Å². The number of hydrogen-bond donors (Lipinski definition) is 1. The van der Waals surface area contributed by atoms with Crippen molar-refractivity contribution in [1.82, 2.24) is 10.2 Å². The highest BCUT2D eigenvalue weighted by Crippen LogP contribution is 2.23. The second-order valence-electron chi connectivity index (χ2n) is 4.85. The van der Waals surface area contributed by atoms with Gasteiger partial charge in [-0.25, -0.2) is 10.1 Å². The summed E-state index contributed by atoms with van der Waals surface area (Å²) in [4.78, 5) is 12.4. The van der Waals surface area contributed by atoms with E-state index < -0.39 is 5.03 Å². The predicted molar refractivity (Wildman–Crippen MR) is 66.8 cm³/mol. The Morgan fingerprint density at radius 1 is 1.67 bits per heavy atom. The van der Waals surface area contributed by atoms with Gasteiger partial charge in [0.05, 0.1) is 12.7 Å². The summed E-state index contributed by atoms with van der Waals surface area (Å²) in [5, 5.41) is 16.2. The summed E-state index contributed by atoms with van der Waals surface area (Å²) in [7, 11) is 0. The van der Waals surface area contributed by atoms with Crippen molar-refractivity contribution in [3.63, 3.8) is 0 Å². The Balaban J connectivity index is 1.92. The molecule has 0 aromatic heterocycles. The number of nitrogens with zero attached hydrogens (tertiary/aromatic N) is 3. The van der Waals surface area contributed by atoms with Crippen molar-refractivity contribution >= 4 is 5.96 Å². The van der Waals surface area contributed by atoms with Crippen LogP contribution < -0.4 is 5.32 Å². The SMILES string of the molecule is CCC1CC(CN2CCCNC2=N[N+](=O)[O-])CO1. The molecule has 0 radical (unpaired) electrons. The van der Waals surface area contributed by atoms with Gasteiger partial charge < -0.3 is 15.0 Å². The molecule has 0 bridgehead atoms. The lowest BCUT2D eigenvalue weighted by molar-refractivity contribution is -0.486. The lowest BCUT2D eigenvalue weighted by Gasteiger charge is -2.30. The molecule has 2 aliphatic heterocycles. The van der Waals surface area contributed by atoms with E-state index >= 15 is 0 Å². The molecule has 0 saturated carbocycles. The van der Waals surface area contributed by atoms with Gasteiger partial charge in [-0.2, -0.15) is 0 Å². The first-order chi connectivity index (χ1) is 8.69. The summed E-state index contributed by atoms with van der Waals surface area (Å²) in [6.07, 6.45) is 3.41. The van der Waals surface area contributed by atoms with Crippen LogP contribution in [-0.2, 0) is 4.74 Å². The zero-order valence-electron chi connectivity index (χ0n) is 10.7. The van der Waals surface area contributed by atoms with Gasteiger partial charge in [0.1, 0.15) is 5.10 Å². The molecule has 102 valence electrons. The van der Waals surface area contributed by atoms with E-state index in [1.807, 2.05) is 4.90 Å². The van der Waals surface area contributed by atoms with Crippen LogP contribution in [0.5, 0.6) is 0 Å². The molecular formula is C11H20N4O3. The summed E-state index contributed by atoms with van der Waals surface area (Å²) < 4.78 is 5.65. The first kappa shape index (κ1) is 13.1. The predicted octanol–water partition coefficient (Wildman–Crippen LogP) is 0.645. The van der Waals surface area contributed by atoms with Crippen molar-refractivity contribution in [2.75, 3.05) is 26.2 Å². The molecule has 7 nitrogen and oxygen atoms in total. The summed E-state index contributed by atoms with van der Waals surface area (Å²) in [6, 6.07) is 0. The van der Waals surface area contributed by atoms with Crippen LogP contribution in [0.1, 0.15) is 26.2 Å². The third-order valence-corrected chi connectivity index (χ3v) is 3.46. The van der Waals surface area contributed by atoms with E-state index in [0.717, 1.165) is 45.5 Å². The molecule has 0 aliphatic carbocycles. The molecule has 2 rings (SSSR count). The van der Waals surface area contributed by atoms with Crippen LogP contribution >= 0.6 is 0 Å². The van der Waals surface area contributed by atoms with Gasteiger partial charge in [-0.3, -0.25) is 0 Å². The monoisotopic (exact) mass is 256 g/mol. The van der Waals surface area contributed by atoms with Crippen molar-refractivity contribution in [2.24, 2.45) is 11.0 Å². The van der Waals surface area contributed by atoms with Gasteiger partial charge in [-0.1, -0.05) is 6.92 Å². The smallest absolute Gasteiger partial charge is 0.271 e. The van der Waals surface area contributed by atoms with E-state index in [4.69, 9.17) is 4.74 Å². The average Bonchev–Trinajstić information content (AvgIpc) is 2.79. The van der Waals surface area contributed by atoms with Crippen LogP contribution in [0, 0.1) is 16.0 Å². The fourth-order valence-corrected chi connectivity index (χ4v) is 2.54. The maximum Gasteiger partial charge on any atom is 0.271 e. The molecule has 2 atom stereocenters. The van der Waals surface area contributed by atoms with E-state index in [9.17, 15) is 10.1 Å². The minimum atomic E-state index is -0.638. The lowest BCUT2D eigenvalue weighted by Crippen LogP contribution is -2.49. The molecule has 2 aliphatic rings. The first-order valence-electron chi connectivity index (χ1n) is 6.52. The average molecular weight is 256 g/mol. The molecule has 0 aromatic rings. The van der Waals surface area contributed by atoms with Crippen molar-refractivity contribution in [2.45, 2.75) is 32.3 Å². The fourth-order valence-electron chi connectivity index (χ4n) is 2.54. The zero-order chi connectivity index (χ0) is 13.0. The highest BCUT2D eigenvalue weighted by Gasteiger charge is 2.28. The van der Waals surface area contributed by atoms with Crippen LogP contribution in [0.2, 0.25) is 0 Å². The number of nitrogens with one attached hydrogen (secondary N) is 1. The van der Waals surface area contributed by atoms with Crippen molar-refractivity contribution in [3.8, 4) is 0 Å². The van der Waals surface area contributed by atoms with Crippen molar-refractivity contribution in [1.29, 1.82) is 0 Å². The first-order valence-corrected chi connectivity index (χ1v) is 6.52. The Morgan fingerprint density at radius 3 is 3.17 bits per heavy atom. The van der Waals surface area contributed by atoms with Crippen LogP contribution in [0.25, 0.3) is 0 Å². The minimum absolute atomic E-state index is 0.351. The molecule has 0 aromatic carbocycles. The van der Waals surface area contributed by atoms with Crippen LogP contribution in [-0.4, -0.2) is 48.2 Å². The maximum absolute atomic E-state index is 10.5. The molecular weight excluding hydrogens is 236 g/mol. The number of guanidine groups is 1. The minimum Gasteiger partial charge on any atom is -0.378 e. The van der Waals surface area contributed by atoms with Crippen LogP contribution in [0.15, 0.2) is 5.10 Å². The molecule has 0 spiro atoms. The molecule has 0 amide bonds. The van der Waals surface area contributed by atoms with Gasteiger partial charge in [-0.05, 0) is 19.3 Å². The number of rotatable bonds is 4. The van der Waals surface area contributed by atoms with Crippen LogP contribution in [0.4, 0.5) is 0 Å². The Kier molecular flexibility index (Phi) is 4.35. The highest BCUT2D eigenvalue weighted by atomic mass is 16.7. The fraction of sp³-hybridized carbons (Fsp3) is 0.909. The van der Waals surface area contributed by atoms with Gasteiger partial charge in [0.15, 0.2) is 5.03 Å². The van der Waals surface area contributed by atoms with E-state index in [0.29, 0.717) is 18.0 Å². The molecule has 1 N–H and O–H groups in total. The number of nitro groups is 1. The second-order valence-corrected chi connectivity index (χ2v) is 4.85. The Labute approximate surface area is 106 Å². The topological polar surface area (TPSA) is 80.0 Å².